The van der Waals surface area contributed by atoms with Crippen LogP contribution in [-0.2, 0) is 90.2 Å². The van der Waals surface area contributed by atoms with Crippen LogP contribution >= 0.6 is 0 Å². The number of rotatable bonds is 14. The summed E-state index contributed by atoms with van der Waals surface area (Å²) in [6.07, 6.45) is 14.0. The van der Waals surface area contributed by atoms with Crippen LogP contribution in [0.15, 0.2) is 82.3 Å². The third kappa shape index (κ3) is 22.5. The number of benzene rings is 2. The van der Waals surface area contributed by atoms with Crippen molar-refractivity contribution >= 4 is 97.5 Å². The number of nitrogens with one attached hydrogen (secondary N) is 5. The Balaban J connectivity index is 1.51. The van der Waals surface area contributed by atoms with Crippen LogP contribution in [-0.4, -0.2) is 173 Å². The zero-order chi connectivity index (χ0) is 67.0. The van der Waals surface area contributed by atoms with E-state index in [1.54, 1.807) is 24.3 Å². The van der Waals surface area contributed by atoms with Crippen LogP contribution in [0.3, 0.4) is 0 Å². The molecule has 0 aromatic heterocycles. The van der Waals surface area contributed by atoms with E-state index < -0.39 is 138 Å². The molecule has 5 unspecified atom stereocenters. The summed E-state index contributed by atoms with van der Waals surface area (Å²) in [6, 6.07) is 1.40. The first-order valence-electron chi connectivity index (χ1n) is 29.2. The number of hydrogen-bond donors (Lipinski definition) is 11. The third-order valence-electron chi connectivity index (χ3n) is 15.8. The molecule has 0 aliphatic carbocycles. The number of amides is 5. The van der Waals surface area contributed by atoms with Crippen LogP contribution in [0.4, 0.5) is 11.4 Å². The van der Waals surface area contributed by atoms with Crippen molar-refractivity contribution in [2.24, 2.45) is 0 Å². The molecule has 0 spiro atoms. The van der Waals surface area contributed by atoms with Crippen molar-refractivity contribution in [3.63, 3.8) is 0 Å². The van der Waals surface area contributed by atoms with Crippen LogP contribution in [0, 0.1) is 0 Å². The van der Waals surface area contributed by atoms with Gasteiger partial charge in [0.05, 0.1) is 15.8 Å². The van der Waals surface area contributed by atoms with E-state index in [-0.39, 0.29) is 68.5 Å². The Morgan fingerprint density at radius 2 is 1.07 bits per heavy atom. The maximum Gasteiger partial charge on any atom is 0.303 e. The first-order chi connectivity index (χ1) is 41.8. The fourth-order valence-corrected chi connectivity index (χ4v) is 14.3. The predicted octanol–water partition coefficient (Wildman–Crippen LogP) is 3.11. The summed E-state index contributed by atoms with van der Waals surface area (Å²) in [4.78, 5) is 81.5. The minimum absolute atomic E-state index is 0.0501. The molecule has 2 aromatic rings. The summed E-state index contributed by atoms with van der Waals surface area (Å²) < 4.78 is 172. The molecule has 0 radical (unpaired) electrons. The van der Waals surface area contributed by atoms with E-state index in [9.17, 15) is 98.7 Å². The molecule has 502 valence electrons. The van der Waals surface area contributed by atoms with Crippen molar-refractivity contribution in [3.05, 3.63) is 83.6 Å². The Morgan fingerprint density at radius 3 is 1.63 bits per heavy atom. The van der Waals surface area contributed by atoms with Gasteiger partial charge in [0.25, 0.3) is 50.6 Å². The first kappa shape index (κ1) is 74.4. The van der Waals surface area contributed by atoms with Crippen molar-refractivity contribution in [1.82, 2.24) is 26.6 Å². The third-order valence-corrected chi connectivity index (χ3v) is 19.8. The number of aliphatic carboxylic acids is 1. The number of carboxylic acids is 1. The fraction of sp³-hybridized carbons (Fsp3) is 0.571. The molecular weight excluding hydrogens is 1280 g/mol. The highest BCUT2D eigenvalue weighted by Crippen LogP contribution is 2.52. The molecule has 3 aliphatic heterocycles. The van der Waals surface area contributed by atoms with Gasteiger partial charge in [0.15, 0.2) is 0 Å². The highest BCUT2D eigenvalue weighted by molar-refractivity contribution is 7.86. The lowest BCUT2D eigenvalue weighted by Crippen LogP contribution is -2.60. The molecule has 0 saturated heterocycles. The average Bonchev–Trinajstić information content (AvgIpc) is 1.59. The molecule has 5 atom stereocenters. The van der Waals surface area contributed by atoms with Gasteiger partial charge in [-0.25, -0.2) is 0 Å². The number of nitrogens with zero attached hydrogens (tertiary/aromatic N) is 2. The molecule has 11 N–H and O–H groups in total. The second kappa shape index (κ2) is 31.8. The lowest BCUT2D eigenvalue weighted by atomic mass is 9.77. The minimum Gasteiger partial charge on any atom is -0.481 e. The van der Waals surface area contributed by atoms with Crippen LogP contribution in [0.1, 0.15) is 135 Å². The molecule has 29 nitrogen and oxygen atoms in total. The van der Waals surface area contributed by atoms with Gasteiger partial charge in [0.2, 0.25) is 29.5 Å². The summed E-state index contributed by atoms with van der Waals surface area (Å²) in [5.41, 5.74) is 1.42. The van der Waals surface area contributed by atoms with Crippen molar-refractivity contribution in [3.8, 4) is 0 Å². The first-order valence-corrected chi connectivity index (χ1v) is 36.9. The van der Waals surface area contributed by atoms with Crippen LogP contribution in [0.2, 0.25) is 0 Å². The molecule has 5 rings (SSSR count). The highest BCUT2D eigenvalue weighted by Gasteiger charge is 2.45. The summed E-state index contributed by atoms with van der Waals surface area (Å²) in [6.45, 7) is 6.68. The SMILES string of the molecule is CC12CCCCCC(=O)NC(CS(=O)(=O)O)C(=O)NC(CS(=O)(=O)O)C(=O)NC(CS(=O)(=O)O)C(=O)NCCCCCNC(=O)CCCCCN3c4ccc(S(=O)(=O)O)cc4C(C)(C)C3/C=C/C=C/C=C/1N(CCCCCC(=O)O)c1ccc(S(=O)(=O)O)cc12. The Morgan fingerprint density at radius 1 is 0.556 bits per heavy atom. The number of anilines is 2. The molecule has 5 amide bonds. The number of unbranched alkanes of at least 4 members (excludes halogenated alkanes) is 2. The Bertz CT molecular complexity index is 3650. The standard InChI is InChI=1S/C56H81N7O22S5/c1-55(2)40-33-38(89(80,81)82)24-26-45(40)62-31-17-6-12-21-49(64)57-29-15-8-16-30-58-52(68)42(35-86(71,72)73)60-54(70)44(37-88(77,78)79)61-53(69)43(36-87(74,75)76)59-50(65)22-11-5-14-28-56(3)41-34-39(90(83,84)85)25-27-46(41)63(32-18-7-13-23-51(66)67)48(56)20-10-4-9-19-47(55)62/h4,9-10,19-20,24-27,33-34,42-44,47H,5-8,11-18,21-23,28-32,35-37H2,1-3H3,(H,57,64)(H,58,68)(H,59,65)(H,60,70)(H,61,69)(H,66,67)(H,71,72,73)(H,74,75,76)(H,77,78,79)(H,80,81,82)(H,83,84,85)/b10-4+,19-9+,48-20-. The van der Waals surface area contributed by atoms with E-state index in [4.69, 9.17) is 0 Å². The Hall–Kier alpha value is -6.37. The topological polar surface area (TPSA) is 461 Å². The van der Waals surface area contributed by atoms with Crippen molar-refractivity contribution in [2.45, 2.75) is 168 Å². The normalized spacial score (nSPS) is 24.6. The van der Waals surface area contributed by atoms with Crippen LogP contribution in [0.25, 0.3) is 0 Å². The Kier molecular flexibility index (Phi) is 26.3. The van der Waals surface area contributed by atoms with Gasteiger partial charge in [-0.05, 0) is 118 Å². The van der Waals surface area contributed by atoms with E-state index in [0.717, 1.165) is 5.69 Å². The second-order valence-corrected chi connectivity index (χ2v) is 30.6. The zero-order valence-electron chi connectivity index (χ0n) is 50.1. The smallest absolute Gasteiger partial charge is 0.303 e. The summed E-state index contributed by atoms with van der Waals surface area (Å²) in [5, 5.41) is 20.3. The number of carbonyl (C=O) groups excluding carboxylic acids is 5. The molecule has 2 aromatic carbocycles. The summed E-state index contributed by atoms with van der Waals surface area (Å²) in [5.74, 6) is -11.3. The molecule has 3 aliphatic rings. The van der Waals surface area contributed by atoms with E-state index in [1.807, 2.05) is 54.5 Å². The molecule has 0 saturated carbocycles. The number of fused-ring (bicyclic) bond motifs is 6. The number of allylic oxidation sites excluding steroid dienone is 5. The number of hydrogen-bond acceptors (Lipinski definition) is 18. The Labute approximate surface area is 525 Å². The number of carboxylic acid groups (broad SMARTS) is 1. The van der Waals surface area contributed by atoms with Crippen LogP contribution in [0.5, 0.6) is 0 Å². The minimum atomic E-state index is -5.23. The zero-order valence-corrected chi connectivity index (χ0v) is 54.2. The fourth-order valence-electron chi connectivity index (χ4n) is 11.3. The summed E-state index contributed by atoms with van der Waals surface area (Å²) >= 11 is 0. The molecular formula is C56H81N7O22S5. The lowest BCUT2D eigenvalue weighted by molar-refractivity contribution is -0.137. The molecule has 0 fully saturated rings. The lowest BCUT2D eigenvalue weighted by Gasteiger charge is -2.32. The van der Waals surface area contributed by atoms with Gasteiger partial charge in [0, 0.05) is 73.3 Å². The van der Waals surface area contributed by atoms with E-state index in [2.05, 4.69) is 20.9 Å². The van der Waals surface area contributed by atoms with Crippen molar-refractivity contribution in [2.75, 3.05) is 53.2 Å². The maximum atomic E-state index is 13.6. The van der Waals surface area contributed by atoms with Gasteiger partial charge in [-0.15, -0.1) is 0 Å². The van der Waals surface area contributed by atoms with Crippen LogP contribution < -0.4 is 36.4 Å². The largest absolute Gasteiger partial charge is 0.481 e. The van der Waals surface area contributed by atoms with Gasteiger partial charge in [-0.2, -0.15) is 42.1 Å². The van der Waals surface area contributed by atoms with E-state index in [0.29, 0.717) is 93.4 Å². The molecule has 0 bridgehead atoms. The second-order valence-electron chi connectivity index (χ2n) is 23.2. The quantitative estimate of drug-likeness (QED) is 0.0956. The van der Waals surface area contributed by atoms with E-state index >= 15 is 0 Å². The van der Waals surface area contributed by atoms with Crippen molar-refractivity contribution in [1.29, 1.82) is 0 Å². The number of carbonyl (C=O) groups is 6. The maximum absolute atomic E-state index is 13.6. The van der Waals surface area contributed by atoms with Gasteiger partial charge < -0.3 is 41.5 Å². The molecule has 3 heterocycles. The van der Waals surface area contributed by atoms with Crippen molar-refractivity contribution < 1.29 is 98.7 Å². The van der Waals surface area contributed by atoms with Gasteiger partial charge in [0.1, 0.15) is 35.4 Å². The van der Waals surface area contributed by atoms with E-state index in [1.165, 1.54) is 24.3 Å². The van der Waals surface area contributed by atoms with Gasteiger partial charge in [-0.1, -0.05) is 63.8 Å². The van der Waals surface area contributed by atoms with Gasteiger partial charge >= 0.3 is 5.97 Å². The average molecular weight is 1360 g/mol. The van der Waals surface area contributed by atoms with Gasteiger partial charge in [-0.3, -0.25) is 51.5 Å². The monoisotopic (exact) mass is 1360 g/mol. The molecule has 34 heteroatoms. The summed E-state index contributed by atoms with van der Waals surface area (Å²) in [7, 11) is -24.8. The predicted molar refractivity (Wildman–Crippen MR) is 330 cm³/mol. The highest BCUT2D eigenvalue weighted by atomic mass is 32.2. The molecule has 90 heavy (non-hydrogen) atoms.